The van der Waals surface area contributed by atoms with Crippen molar-refractivity contribution in [2.45, 2.75) is 12.1 Å². The first-order valence-electron chi connectivity index (χ1n) is 8.38. The molecule has 0 radical (unpaired) electrons. The van der Waals surface area contributed by atoms with Gasteiger partial charge in [-0.15, -0.1) is 0 Å². The maximum absolute atomic E-state index is 13.6. The van der Waals surface area contributed by atoms with Crippen molar-refractivity contribution >= 4 is 28.9 Å². The van der Waals surface area contributed by atoms with Crippen LogP contribution >= 0.6 is 11.6 Å². The number of hydrogen-bond acceptors (Lipinski definition) is 3. The van der Waals surface area contributed by atoms with Gasteiger partial charge in [-0.3, -0.25) is 4.79 Å². The highest BCUT2D eigenvalue weighted by molar-refractivity contribution is 6.31. The lowest BCUT2D eigenvalue weighted by molar-refractivity contribution is -0.121. The highest BCUT2D eigenvalue weighted by atomic mass is 35.5. The zero-order valence-corrected chi connectivity index (χ0v) is 14.5. The van der Waals surface area contributed by atoms with E-state index in [1.807, 2.05) is 72.8 Å². The zero-order valence-electron chi connectivity index (χ0n) is 13.8. The first kappa shape index (κ1) is 15.3. The smallest absolute Gasteiger partial charge is 0.266 e. The molecular weight excluding hydrogens is 346 g/mol. The molecule has 3 aromatic carbocycles. The van der Waals surface area contributed by atoms with Crippen LogP contribution in [0.2, 0.25) is 5.02 Å². The summed E-state index contributed by atoms with van der Waals surface area (Å²) in [6.45, 7) is 0.480. The molecular formula is C21H14ClN3O. The van der Waals surface area contributed by atoms with Crippen molar-refractivity contribution in [2.75, 3.05) is 4.90 Å². The lowest BCUT2D eigenvalue weighted by atomic mass is 9.85. The molecule has 2 heterocycles. The average Bonchev–Trinajstić information content (AvgIpc) is 3.16. The Morgan fingerprint density at radius 3 is 2.54 bits per heavy atom. The van der Waals surface area contributed by atoms with Gasteiger partial charge >= 0.3 is 0 Å². The predicted molar refractivity (Wildman–Crippen MR) is 101 cm³/mol. The van der Waals surface area contributed by atoms with Gasteiger partial charge in [-0.05, 0) is 29.8 Å². The number of azo groups is 1. The Labute approximate surface area is 155 Å². The molecule has 126 valence electrons. The molecule has 0 bridgehead atoms. The van der Waals surface area contributed by atoms with Crippen LogP contribution in [0.1, 0.15) is 16.7 Å². The fourth-order valence-electron chi connectivity index (χ4n) is 3.78. The second-order valence-corrected chi connectivity index (χ2v) is 6.90. The predicted octanol–water partition coefficient (Wildman–Crippen LogP) is 5.23. The van der Waals surface area contributed by atoms with E-state index < -0.39 is 5.54 Å². The Kier molecular flexibility index (Phi) is 3.24. The van der Waals surface area contributed by atoms with Gasteiger partial charge < -0.3 is 4.90 Å². The third-order valence-corrected chi connectivity index (χ3v) is 5.21. The number of rotatable bonds is 2. The molecule has 2 aliphatic rings. The van der Waals surface area contributed by atoms with Crippen LogP contribution in [-0.4, -0.2) is 5.91 Å². The Balaban J connectivity index is 1.71. The number of fused-ring (bicyclic) bond motifs is 4. The van der Waals surface area contributed by atoms with Crippen molar-refractivity contribution in [2.24, 2.45) is 10.2 Å². The number of carbonyl (C=O) groups is 1. The molecule has 1 spiro atoms. The highest BCUT2D eigenvalue weighted by Gasteiger charge is 2.56. The minimum atomic E-state index is -1.13. The van der Waals surface area contributed by atoms with E-state index in [2.05, 4.69) is 10.2 Å². The summed E-state index contributed by atoms with van der Waals surface area (Å²) in [5, 5.41) is 9.34. The molecule has 4 nitrogen and oxygen atoms in total. The fourth-order valence-corrected chi connectivity index (χ4v) is 3.95. The summed E-state index contributed by atoms with van der Waals surface area (Å²) in [5.41, 5.74) is 3.09. The van der Waals surface area contributed by atoms with E-state index in [9.17, 15) is 4.79 Å². The normalized spacial score (nSPS) is 19.9. The van der Waals surface area contributed by atoms with E-state index in [0.29, 0.717) is 11.6 Å². The first-order chi connectivity index (χ1) is 12.7. The quantitative estimate of drug-likeness (QED) is 0.618. The van der Waals surface area contributed by atoms with Crippen LogP contribution in [0.4, 0.5) is 11.4 Å². The maximum atomic E-state index is 13.6. The van der Waals surface area contributed by atoms with Gasteiger partial charge in [-0.1, -0.05) is 60.1 Å². The summed E-state index contributed by atoms with van der Waals surface area (Å²) in [7, 11) is 0. The molecule has 0 N–H and O–H groups in total. The number of anilines is 1. The Morgan fingerprint density at radius 2 is 1.69 bits per heavy atom. The van der Waals surface area contributed by atoms with E-state index in [1.54, 1.807) is 4.90 Å². The van der Waals surface area contributed by atoms with E-state index >= 15 is 0 Å². The molecule has 26 heavy (non-hydrogen) atoms. The van der Waals surface area contributed by atoms with Crippen LogP contribution in [0.15, 0.2) is 83.0 Å². The minimum Gasteiger partial charge on any atom is -0.305 e. The van der Waals surface area contributed by atoms with Gasteiger partial charge in [0, 0.05) is 16.1 Å². The standard InChI is InChI=1S/C21H14ClN3O/c22-15-10-11-19-17(12-15)21(16-8-4-5-9-18(16)23-24-21)20(26)25(19)13-14-6-2-1-3-7-14/h1-12H,13H2. The summed E-state index contributed by atoms with van der Waals surface area (Å²) in [6, 6.07) is 23.1. The summed E-state index contributed by atoms with van der Waals surface area (Å²) in [6.07, 6.45) is 0. The van der Waals surface area contributed by atoms with E-state index in [0.717, 1.165) is 28.1 Å². The van der Waals surface area contributed by atoms with E-state index in [1.165, 1.54) is 0 Å². The van der Waals surface area contributed by atoms with Crippen molar-refractivity contribution in [3.05, 3.63) is 94.5 Å². The molecule has 5 heteroatoms. The highest BCUT2D eigenvalue weighted by Crippen LogP contribution is 2.54. The maximum Gasteiger partial charge on any atom is 0.266 e. The van der Waals surface area contributed by atoms with Crippen LogP contribution < -0.4 is 4.90 Å². The van der Waals surface area contributed by atoms with Gasteiger partial charge in [0.1, 0.15) is 0 Å². The Morgan fingerprint density at radius 1 is 0.923 bits per heavy atom. The second-order valence-electron chi connectivity index (χ2n) is 6.47. The molecule has 0 aromatic heterocycles. The first-order valence-corrected chi connectivity index (χ1v) is 8.76. The summed E-state index contributed by atoms with van der Waals surface area (Å²) in [5.74, 6) is -0.0904. The minimum absolute atomic E-state index is 0.0904. The number of amides is 1. The van der Waals surface area contributed by atoms with E-state index in [4.69, 9.17) is 11.6 Å². The molecule has 3 aromatic rings. The van der Waals surface area contributed by atoms with Gasteiger partial charge in [0.25, 0.3) is 5.91 Å². The molecule has 1 amide bonds. The summed E-state index contributed by atoms with van der Waals surface area (Å²) in [4.78, 5) is 15.4. The Hall–Kier alpha value is -2.98. The molecule has 1 atom stereocenters. The number of benzene rings is 3. The fraction of sp³-hybridized carbons (Fsp3) is 0.0952. The molecule has 0 saturated heterocycles. The van der Waals surface area contributed by atoms with Crippen LogP contribution in [0.25, 0.3) is 0 Å². The monoisotopic (exact) mass is 359 g/mol. The number of carbonyl (C=O) groups excluding carboxylic acids is 1. The van der Waals surface area contributed by atoms with Crippen LogP contribution in [-0.2, 0) is 16.9 Å². The van der Waals surface area contributed by atoms with Crippen LogP contribution in [0.3, 0.4) is 0 Å². The lowest BCUT2D eigenvalue weighted by Gasteiger charge is -2.21. The number of hydrogen-bond donors (Lipinski definition) is 0. The molecule has 0 saturated carbocycles. The second kappa shape index (κ2) is 5.51. The molecule has 1 unspecified atom stereocenters. The van der Waals surface area contributed by atoms with Crippen molar-refractivity contribution in [3.8, 4) is 0 Å². The van der Waals surface area contributed by atoms with Crippen LogP contribution in [0, 0.1) is 0 Å². The lowest BCUT2D eigenvalue weighted by Crippen LogP contribution is -2.38. The topological polar surface area (TPSA) is 45.0 Å². The van der Waals surface area contributed by atoms with E-state index in [-0.39, 0.29) is 5.91 Å². The van der Waals surface area contributed by atoms with Gasteiger partial charge in [0.2, 0.25) is 5.54 Å². The SMILES string of the molecule is O=C1N(Cc2ccccc2)c2ccc(Cl)cc2C12N=Nc1ccccc12. The molecule has 5 rings (SSSR count). The number of nitrogens with zero attached hydrogens (tertiary/aromatic N) is 3. The Bertz CT molecular complexity index is 1060. The molecule has 2 aliphatic heterocycles. The van der Waals surface area contributed by atoms with Gasteiger partial charge in [0.15, 0.2) is 0 Å². The van der Waals surface area contributed by atoms with Crippen molar-refractivity contribution < 1.29 is 4.79 Å². The van der Waals surface area contributed by atoms with Crippen molar-refractivity contribution in [1.82, 2.24) is 0 Å². The average molecular weight is 360 g/mol. The molecule has 0 fully saturated rings. The largest absolute Gasteiger partial charge is 0.305 e. The molecule has 0 aliphatic carbocycles. The third kappa shape index (κ3) is 1.99. The summed E-state index contributed by atoms with van der Waals surface area (Å²) < 4.78 is 0. The van der Waals surface area contributed by atoms with Crippen molar-refractivity contribution in [3.63, 3.8) is 0 Å². The van der Waals surface area contributed by atoms with Crippen molar-refractivity contribution in [1.29, 1.82) is 0 Å². The van der Waals surface area contributed by atoms with Gasteiger partial charge in [-0.2, -0.15) is 10.2 Å². The van der Waals surface area contributed by atoms with Crippen LogP contribution in [0.5, 0.6) is 0 Å². The number of halogens is 1. The third-order valence-electron chi connectivity index (χ3n) is 4.98. The zero-order chi connectivity index (χ0) is 17.7. The summed E-state index contributed by atoms with van der Waals surface area (Å²) >= 11 is 6.27. The van der Waals surface area contributed by atoms with Gasteiger partial charge in [-0.25, -0.2) is 0 Å². The van der Waals surface area contributed by atoms with Gasteiger partial charge in [0.05, 0.1) is 17.9 Å².